The van der Waals surface area contributed by atoms with E-state index in [-0.39, 0.29) is 0 Å². The number of aromatic nitrogens is 4. The molecule has 0 unspecified atom stereocenters. The second-order valence-corrected chi connectivity index (χ2v) is 16.7. The molecular formula is C54H30N4S. The minimum atomic E-state index is 0.667. The third-order valence-corrected chi connectivity index (χ3v) is 13.9. The van der Waals surface area contributed by atoms with Crippen molar-refractivity contribution in [2.45, 2.75) is 0 Å². The highest BCUT2D eigenvalue weighted by molar-refractivity contribution is 7.26. The topological polar surface area (TPSA) is 35.6 Å². The van der Waals surface area contributed by atoms with Crippen LogP contribution >= 0.6 is 11.3 Å². The Morgan fingerprint density at radius 2 is 1.00 bits per heavy atom. The zero-order valence-corrected chi connectivity index (χ0v) is 32.3. The Balaban J connectivity index is 1.13. The van der Waals surface area contributed by atoms with E-state index in [0.29, 0.717) is 5.95 Å². The molecule has 59 heavy (non-hydrogen) atoms. The van der Waals surface area contributed by atoms with Crippen molar-refractivity contribution in [2.75, 3.05) is 0 Å². The predicted molar refractivity (Wildman–Crippen MR) is 248 cm³/mol. The molecule has 0 saturated carbocycles. The lowest BCUT2D eigenvalue weighted by Crippen LogP contribution is -2.03. The summed E-state index contributed by atoms with van der Waals surface area (Å²) in [6, 6.07) is 66.3. The fraction of sp³-hybridized carbons (Fsp3) is 0. The van der Waals surface area contributed by atoms with Gasteiger partial charge < -0.3 is 4.57 Å². The standard InChI is InChI=1S/C54H30N4S/c1-2-15-32-31(13-1)14-11-22-38(32)50-53-51(42-20-7-10-26-47(42)59-53)56-54(55-50)58-44-25-9-6-19-41(44)49-46(58)30-28-39-35-18-5-8-24-43(35)57(52(39)49)45-29-27-37-34-17-4-3-16-33(34)36-21-12-23-40(45)48(36)37/h1-30H. The molecule has 0 aliphatic heterocycles. The second kappa shape index (κ2) is 11.5. The van der Waals surface area contributed by atoms with E-state index < -0.39 is 0 Å². The van der Waals surface area contributed by atoms with E-state index in [1.807, 2.05) is 0 Å². The van der Waals surface area contributed by atoms with Crippen LogP contribution in [0.3, 0.4) is 0 Å². The third kappa shape index (κ3) is 4.11. The molecule has 4 aromatic heterocycles. The van der Waals surface area contributed by atoms with Crippen LogP contribution in [-0.4, -0.2) is 19.1 Å². The van der Waals surface area contributed by atoms with Gasteiger partial charge >= 0.3 is 0 Å². The number of rotatable bonds is 3. The van der Waals surface area contributed by atoms with E-state index in [1.54, 1.807) is 11.3 Å². The maximum atomic E-state index is 5.61. The monoisotopic (exact) mass is 766 g/mol. The van der Waals surface area contributed by atoms with Gasteiger partial charge in [-0.15, -0.1) is 11.3 Å². The van der Waals surface area contributed by atoms with Gasteiger partial charge in [0.2, 0.25) is 5.95 Å². The fourth-order valence-corrected chi connectivity index (χ4v) is 11.4. The Labute approximate surface area is 341 Å². The van der Waals surface area contributed by atoms with Crippen LogP contribution in [0, 0.1) is 0 Å². The normalized spacial score (nSPS) is 12.4. The van der Waals surface area contributed by atoms with E-state index in [0.717, 1.165) is 37.9 Å². The Hall–Kier alpha value is -7.60. The largest absolute Gasteiger partial charge is 0.308 e. The summed E-state index contributed by atoms with van der Waals surface area (Å²) < 4.78 is 7.13. The van der Waals surface area contributed by atoms with Crippen molar-refractivity contribution >= 4 is 96.8 Å². The summed E-state index contributed by atoms with van der Waals surface area (Å²) in [7, 11) is 0. The van der Waals surface area contributed by atoms with Gasteiger partial charge in [-0.05, 0) is 68.7 Å². The first-order valence-corrected chi connectivity index (χ1v) is 20.9. The molecule has 0 radical (unpaired) electrons. The molecule has 0 saturated heterocycles. The molecule has 1 aliphatic carbocycles. The lowest BCUT2D eigenvalue weighted by atomic mass is 10.0. The predicted octanol–water partition coefficient (Wildman–Crippen LogP) is 14.7. The van der Waals surface area contributed by atoms with E-state index in [9.17, 15) is 0 Å². The summed E-state index contributed by atoms with van der Waals surface area (Å²) in [5.41, 5.74) is 13.9. The Morgan fingerprint density at radius 1 is 0.373 bits per heavy atom. The van der Waals surface area contributed by atoms with Crippen LogP contribution in [0.2, 0.25) is 0 Å². The van der Waals surface area contributed by atoms with Gasteiger partial charge in [-0.3, -0.25) is 4.57 Å². The number of fused-ring (bicyclic) bond motifs is 14. The lowest BCUT2D eigenvalue weighted by molar-refractivity contribution is 1.02. The smallest absolute Gasteiger partial charge is 0.235 e. The van der Waals surface area contributed by atoms with Crippen LogP contribution in [0.4, 0.5) is 0 Å². The Morgan fingerprint density at radius 3 is 1.86 bits per heavy atom. The maximum absolute atomic E-state index is 5.61. The molecule has 0 atom stereocenters. The van der Waals surface area contributed by atoms with Crippen molar-refractivity contribution in [1.29, 1.82) is 0 Å². The molecule has 13 aromatic rings. The molecule has 0 bridgehead atoms. The average molecular weight is 767 g/mol. The number of benzene rings is 9. The van der Waals surface area contributed by atoms with Crippen molar-refractivity contribution < 1.29 is 0 Å². The van der Waals surface area contributed by atoms with Crippen molar-refractivity contribution in [3.63, 3.8) is 0 Å². The second-order valence-electron chi connectivity index (χ2n) is 15.6. The van der Waals surface area contributed by atoms with E-state index in [1.165, 1.54) is 86.8 Å². The van der Waals surface area contributed by atoms with Gasteiger partial charge in [0.25, 0.3) is 0 Å². The van der Waals surface area contributed by atoms with Crippen LogP contribution in [0.5, 0.6) is 0 Å². The minimum Gasteiger partial charge on any atom is -0.308 e. The van der Waals surface area contributed by atoms with Gasteiger partial charge in [0.15, 0.2) is 0 Å². The van der Waals surface area contributed by atoms with Crippen molar-refractivity contribution in [3.8, 4) is 45.1 Å². The highest BCUT2D eigenvalue weighted by Gasteiger charge is 2.27. The van der Waals surface area contributed by atoms with Gasteiger partial charge in [-0.2, -0.15) is 0 Å². The van der Waals surface area contributed by atoms with Crippen LogP contribution in [0.25, 0.3) is 131 Å². The molecule has 5 heteroatoms. The molecule has 14 rings (SSSR count). The van der Waals surface area contributed by atoms with Gasteiger partial charge in [0, 0.05) is 42.6 Å². The fourth-order valence-electron chi connectivity index (χ4n) is 10.3. The first-order chi connectivity index (χ1) is 29.3. The van der Waals surface area contributed by atoms with E-state index in [4.69, 9.17) is 9.97 Å². The number of thiophene rings is 1. The molecule has 9 aromatic carbocycles. The average Bonchev–Trinajstić information content (AvgIpc) is 4.03. The number of nitrogens with zero attached hydrogens (tertiary/aromatic N) is 4. The number of hydrogen-bond donors (Lipinski definition) is 0. The molecule has 4 nitrogen and oxygen atoms in total. The van der Waals surface area contributed by atoms with E-state index in [2.05, 4.69) is 191 Å². The molecule has 272 valence electrons. The lowest BCUT2D eigenvalue weighted by Gasteiger charge is -2.14. The first-order valence-electron chi connectivity index (χ1n) is 20.1. The molecule has 0 fully saturated rings. The highest BCUT2D eigenvalue weighted by atomic mass is 32.1. The van der Waals surface area contributed by atoms with Crippen molar-refractivity contribution in [3.05, 3.63) is 182 Å². The van der Waals surface area contributed by atoms with Crippen LogP contribution in [0.1, 0.15) is 0 Å². The zero-order valence-electron chi connectivity index (χ0n) is 31.5. The van der Waals surface area contributed by atoms with Crippen LogP contribution in [0.15, 0.2) is 182 Å². The summed E-state index contributed by atoms with van der Waals surface area (Å²) in [5.74, 6) is 0.667. The summed E-state index contributed by atoms with van der Waals surface area (Å²) >= 11 is 1.77. The third-order valence-electron chi connectivity index (χ3n) is 12.7. The SMILES string of the molecule is c1ccc2c(c1)-c1cccc3c(-n4c5ccccc5c5ccc6c(c7ccccc7n6-c6nc(-c7cccc8ccccc78)c7sc8ccccc8c7n6)c54)ccc-2c13. The molecule has 1 aliphatic rings. The Bertz CT molecular complexity index is 3940. The molecule has 4 heterocycles. The molecule has 0 N–H and O–H groups in total. The van der Waals surface area contributed by atoms with Crippen LogP contribution in [-0.2, 0) is 0 Å². The van der Waals surface area contributed by atoms with Crippen molar-refractivity contribution in [2.24, 2.45) is 0 Å². The summed E-state index contributed by atoms with van der Waals surface area (Å²) in [5, 5.41) is 10.9. The number of para-hydroxylation sites is 2. The maximum Gasteiger partial charge on any atom is 0.235 e. The van der Waals surface area contributed by atoms with Gasteiger partial charge in [0.05, 0.1) is 43.7 Å². The summed E-state index contributed by atoms with van der Waals surface area (Å²) in [6.07, 6.45) is 0. The zero-order chi connectivity index (χ0) is 38.3. The molecule has 0 spiro atoms. The summed E-state index contributed by atoms with van der Waals surface area (Å²) in [6.45, 7) is 0. The van der Waals surface area contributed by atoms with Gasteiger partial charge in [-0.25, -0.2) is 9.97 Å². The summed E-state index contributed by atoms with van der Waals surface area (Å²) in [4.78, 5) is 11.1. The van der Waals surface area contributed by atoms with E-state index >= 15 is 0 Å². The van der Waals surface area contributed by atoms with Gasteiger partial charge in [0.1, 0.15) is 0 Å². The number of hydrogen-bond acceptors (Lipinski definition) is 3. The molecule has 0 amide bonds. The van der Waals surface area contributed by atoms with Gasteiger partial charge in [-0.1, -0.05) is 152 Å². The van der Waals surface area contributed by atoms with Crippen LogP contribution < -0.4 is 0 Å². The Kier molecular flexibility index (Phi) is 6.14. The first kappa shape index (κ1) is 31.5. The highest BCUT2D eigenvalue weighted by Crippen LogP contribution is 2.50. The quantitative estimate of drug-likeness (QED) is 0.180. The minimum absolute atomic E-state index is 0.667. The van der Waals surface area contributed by atoms with Crippen molar-refractivity contribution in [1.82, 2.24) is 19.1 Å². The molecular weight excluding hydrogens is 737 g/mol.